The van der Waals surface area contributed by atoms with Crippen LogP contribution in [0.1, 0.15) is 11.1 Å². The van der Waals surface area contributed by atoms with Crippen molar-refractivity contribution in [3.63, 3.8) is 0 Å². The molecule has 4 nitrogen and oxygen atoms in total. The molecule has 0 aromatic heterocycles. The van der Waals surface area contributed by atoms with Gasteiger partial charge in [-0.3, -0.25) is 0 Å². The number of alkyl halides is 3. The maximum atomic E-state index is 12.4. The van der Waals surface area contributed by atoms with E-state index in [1.807, 2.05) is 0 Å². The first kappa shape index (κ1) is 14.8. The summed E-state index contributed by atoms with van der Waals surface area (Å²) >= 11 is 0. The second-order valence-corrected chi connectivity index (χ2v) is 4.37. The van der Waals surface area contributed by atoms with Gasteiger partial charge in [-0.25, -0.2) is 0 Å². The molecule has 0 radical (unpaired) electrons. The summed E-state index contributed by atoms with van der Waals surface area (Å²) in [5, 5.41) is 31.0. The molecule has 0 saturated carbocycles. The van der Waals surface area contributed by atoms with Crippen LogP contribution in [0.25, 0.3) is 0 Å². The van der Waals surface area contributed by atoms with E-state index in [1.165, 1.54) is 24.3 Å². The fraction of sp³-hybridized carbons (Fsp3) is 0.143. The summed E-state index contributed by atoms with van der Waals surface area (Å²) in [7, 11) is 0. The van der Waals surface area contributed by atoms with Crippen molar-refractivity contribution in [2.75, 3.05) is 5.32 Å². The number of nitrogens with one attached hydrogen (secondary N) is 1. The average molecular weight is 299 g/mol. The monoisotopic (exact) mass is 299 g/mol. The molecule has 2 rings (SSSR count). The van der Waals surface area contributed by atoms with E-state index < -0.39 is 29.0 Å². The molecular formula is C14H12F3NO3. The van der Waals surface area contributed by atoms with Crippen LogP contribution in [0.15, 0.2) is 36.4 Å². The number of hydrogen-bond acceptors (Lipinski definition) is 4. The zero-order chi connectivity index (χ0) is 15.6. The second-order valence-electron chi connectivity index (χ2n) is 4.37. The topological polar surface area (TPSA) is 72.7 Å². The molecule has 21 heavy (non-hydrogen) atoms. The SMILES string of the molecule is Oc1ccc(CNc2ccc(C(F)(F)F)cc2)c(O)c1O. The van der Waals surface area contributed by atoms with Gasteiger partial charge in [-0.05, 0) is 36.4 Å². The van der Waals surface area contributed by atoms with Crippen molar-refractivity contribution in [1.82, 2.24) is 0 Å². The van der Waals surface area contributed by atoms with Crippen LogP contribution in [0, 0.1) is 0 Å². The highest BCUT2D eigenvalue weighted by atomic mass is 19.4. The van der Waals surface area contributed by atoms with Crippen LogP contribution < -0.4 is 5.32 Å². The Morgan fingerprint density at radius 1 is 0.857 bits per heavy atom. The van der Waals surface area contributed by atoms with E-state index in [2.05, 4.69) is 5.32 Å². The summed E-state index contributed by atoms with van der Waals surface area (Å²) in [5.41, 5.74) is -0.0293. The van der Waals surface area contributed by atoms with E-state index in [0.717, 1.165) is 12.1 Å². The third-order valence-electron chi connectivity index (χ3n) is 2.91. The number of anilines is 1. The molecule has 7 heteroatoms. The summed E-state index contributed by atoms with van der Waals surface area (Å²) in [5.74, 6) is -1.57. The van der Waals surface area contributed by atoms with Crippen molar-refractivity contribution < 1.29 is 28.5 Å². The lowest BCUT2D eigenvalue weighted by Crippen LogP contribution is -2.05. The van der Waals surface area contributed by atoms with Crippen LogP contribution in [-0.2, 0) is 12.7 Å². The second kappa shape index (κ2) is 5.43. The first-order valence-corrected chi connectivity index (χ1v) is 5.93. The van der Waals surface area contributed by atoms with Gasteiger partial charge in [-0.1, -0.05) is 0 Å². The largest absolute Gasteiger partial charge is 0.504 e. The van der Waals surface area contributed by atoms with E-state index >= 15 is 0 Å². The third-order valence-corrected chi connectivity index (χ3v) is 2.91. The van der Waals surface area contributed by atoms with Gasteiger partial charge in [0, 0.05) is 17.8 Å². The van der Waals surface area contributed by atoms with Gasteiger partial charge in [0.1, 0.15) is 0 Å². The Bertz CT molecular complexity index is 639. The summed E-state index contributed by atoms with van der Waals surface area (Å²) in [6.07, 6.45) is -4.39. The molecule has 0 heterocycles. The van der Waals surface area contributed by atoms with Crippen molar-refractivity contribution in [3.8, 4) is 17.2 Å². The van der Waals surface area contributed by atoms with E-state index in [0.29, 0.717) is 11.3 Å². The minimum absolute atomic E-state index is 0.0744. The Morgan fingerprint density at radius 2 is 1.48 bits per heavy atom. The summed E-state index contributed by atoms with van der Waals surface area (Å²) in [6.45, 7) is 0.0744. The molecule has 0 aliphatic rings. The average Bonchev–Trinajstić information content (AvgIpc) is 2.43. The lowest BCUT2D eigenvalue weighted by atomic mass is 10.1. The van der Waals surface area contributed by atoms with E-state index in [-0.39, 0.29) is 6.54 Å². The Kier molecular flexibility index (Phi) is 3.84. The maximum absolute atomic E-state index is 12.4. The van der Waals surface area contributed by atoms with Crippen molar-refractivity contribution >= 4 is 5.69 Å². The van der Waals surface area contributed by atoms with Gasteiger partial charge in [0.2, 0.25) is 5.75 Å². The zero-order valence-corrected chi connectivity index (χ0v) is 10.6. The number of aromatic hydroxyl groups is 3. The number of rotatable bonds is 3. The number of hydrogen-bond donors (Lipinski definition) is 4. The quantitative estimate of drug-likeness (QED) is 0.655. The van der Waals surface area contributed by atoms with Gasteiger partial charge >= 0.3 is 6.18 Å². The molecule has 2 aromatic rings. The standard InChI is InChI=1S/C14H12F3NO3/c15-14(16,17)9-2-4-10(5-3-9)18-7-8-1-6-11(19)13(21)12(8)20/h1-6,18-21H,7H2. The zero-order valence-electron chi connectivity index (χ0n) is 10.6. The Balaban J connectivity index is 2.09. The summed E-state index contributed by atoms with van der Waals surface area (Å²) in [4.78, 5) is 0. The molecule has 0 saturated heterocycles. The van der Waals surface area contributed by atoms with E-state index in [4.69, 9.17) is 0 Å². The van der Waals surface area contributed by atoms with Gasteiger partial charge in [-0.15, -0.1) is 0 Å². The molecular weight excluding hydrogens is 287 g/mol. The van der Waals surface area contributed by atoms with Crippen LogP contribution in [0.5, 0.6) is 17.2 Å². The van der Waals surface area contributed by atoms with Crippen LogP contribution in [0.4, 0.5) is 18.9 Å². The first-order chi connectivity index (χ1) is 9.79. The fourth-order valence-corrected chi connectivity index (χ4v) is 1.73. The Morgan fingerprint density at radius 3 is 2.05 bits per heavy atom. The highest BCUT2D eigenvalue weighted by molar-refractivity contribution is 5.54. The molecule has 0 bridgehead atoms. The maximum Gasteiger partial charge on any atom is 0.416 e. The predicted octanol–water partition coefficient (Wildman–Crippen LogP) is 3.43. The number of phenols is 3. The first-order valence-electron chi connectivity index (χ1n) is 5.93. The van der Waals surface area contributed by atoms with E-state index in [1.54, 1.807) is 0 Å². The molecule has 0 atom stereocenters. The summed E-state index contributed by atoms with van der Waals surface area (Å²) < 4.78 is 37.2. The highest BCUT2D eigenvalue weighted by Gasteiger charge is 2.29. The van der Waals surface area contributed by atoms with Gasteiger partial charge in [0.15, 0.2) is 11.5 Å². The van der Waals surface area contributed by atoms with Crippen molar-refractivity contribution in [2.45, 2.75) is 12.7 Å². The number of benzene rings is 2. The molecule has 112 valence electrons. The smallest absolute Gasteiger partial charge is 0.416 e. The molecule has 4 N–H and O–H groups in total. The predicted molar refractivity (Wildman–Crippen MR) is 70.2 cm³/mol. The van der Waals surface area contributed by atoms with Gasteiger partial charge in [0.25, 0.3) is 0 Å². The fourth-order valence-electron chi connectivity index (χ4n) is 1.73. The lowest BCUT2D eigenvalue weighted by Gasteiger charge is -2.11. The number of halogens is 3. The van der Waals surface area contributed by atoms with Gasteiger partial charge < -0.3 is 20.6 Å². The number of phenolic OH excluding ortho intramolecular Hbond substituents is 3. The molecule has 0 spiro atoms. The molecule has 0 fully saturated rings. The van der Waals surface area contributed by atoms with Crippen LogP contribution in [0.3, 0.4) is 0 Å². The third kappa shape index (κ3) is 3.31. The van der Waals surface area contributed by atoms with Crippen LogP contribution in [0.2, 0.25) is 0 Å². The van der Waals surface area contributed by atoms with Gasteiger partial charge in [-0.2, -0.15) is 13.2 Å². The van der Waals surface area contributed by atoms with Crippen molar-refractivity contribution in [3.05, 3.63) is 47.5 Å². The van der Waals surface area contributed by atoms with Gasteiger partial charge in [0.05, 0.1) is 5.56 Å². The Labute approximate surface area is 118 Å². The van der Waals surface area contributed by atoms with E-state index in [9.17, 15) is 28.5 Å². The molecule has 0 amide bonds. The molecule has 2 aromatic carbocycles. The van der Waals surface area contributed by atoms with Crippen LogP contribution in [-0.4, -0.2) is 15.3 Å². The Hall–Kier alpha value is -2.57. The molecule has 0 aliphatic carbocycles. The van der Waals surface area contributed by atoms with Crippen LogP contribution >= 0.6 is 0 Å². The molecule has 0 unspecified atom stereocenters. The van der Waals surface area contributed by atoms with Crippen molar-refractivity contribution in [2.24, 2.45) is 0 Å². The highest BCUT2D eigenvalue weighted by Crippen LogP contribution is 2.37. The lowest BCUT2D eigenvalue weighted by molar-refractivity contribution is -0.137. The molecule has 0 aliphatic heterocycles. The summed E-state index contributed by atoms with van der Waals surface area (Å²) in [6, 6.07) is 7.01. The normalized spacial score (nSPS) is 11.4. The van der Waals surface area contributed by atoms with Crippen molar-refractivity contribution in [1.29, 1.82) is 0 Å². The minimum Gasteiger partial charge on any atom is -0.504 e. The minimum atomic E-state index is -4.39.